The van der Waals surface area contributed by atoms with Gasteiger partial charge in [-0.25, -0.2) is 4.79 Å². The lowest BCUT2D eigenvalue weighted by Gasteiger charge is -2.27. The average Bonchev–Trinajstić information content (AvgIpc) is 2.65. The summed E-state index contributed by atoms with van der Waals surface area (Å²) in [4.78, 5) is 49.2. The van der Waals surface area contributed by atoms with Crippen LogP contribution in [0, 0.1) is 11.8 Å². The van der Waals surface area contributed by atoms with E-state index in [1.54, 1.807) is 13.8 Å². The molecule has 0 saturated heterocycles. The summed E-state index contributed by atoms with van der Waals surface area (Å²) in [6, 6.07) is -4.20. The fraction of sp³-hybridized carbons (Fsp3) is 0.800. The van der Waals surface area contributed by atoms with Gasteiger partial charge in [-0.1, -0.05) is 27.7 Å². The monoisotopic (exact) mass is 462 g/mol. The molecule has 0 aliphatic rings. The molecule has 0 aliphatic heterocycles. The predicted molar refractivity (Wildman–Crippen MR) is 120 cm³/mol. The number of carbonyl (C=O) groups excluding carboxylic acids is 3. The number of nitrogens with two attached hydrogens (primary N) is 1. The first-order valence-corrected chi connectivity index (χ1v) is 11.8. The third-order valence-corrected chi connectivity index (χ3v) is 5.24. The molecule has 11 heteroatoms. The standard InChI is InChI=1S/C20H38N4O6S/c1-10(2)9-13(21)17(26)22-14(7-8-31-6)18(27)23-15(11(3)4)19(28)24-16(12(5)25)20(29)30/h10-16,25H,7-9,21H2,1-6H3,(H,22,26)(H,23,27)(H,24,28)(H,29,30). The van der Waals surface area contributed by atoms with Crippen LogP contribution >= 0.6 is 11.8 Å². The summed E-state index contributed by atoms with van der Waals surface area (Å²) in [6.45, 7) is 8.51. The highest BCUT2D eigenvalue weighted by atomic mass is 32.2. The van der Waals surface area contributed by atoms with E-state index in [0.29, 0.717) is 18.6 Å². The highest BCUT2D eigenvalue weighted by Crippen LogP contribution is 2.08. The van der Waals surface area contributed by atoms with Gasteiger partial charge in [0.25, 0.3) is 0 Å². The molecule has 5 atom stereocenters. The lowest BCUT2D eigenvalue weighted by molar-refractivity contribution is -0.145. The normalized spacial score (nSPS) is 16.2. The van der Waals surface area contributed by atoms with Gasteiger partial charge < -0.3 is 31.9 Å². The number of rotatable bonds is 14. The quantitative estimate of drug-likeness (QED) is 0.204. The molecule has 3 amide bonds. The van der Waals surface area contributed by atoms with E-state index in [0.717, 1.165) is 0 Å². The van der Waals surface area contributed by atoms with Gasteiger partial charge in [0.1, 0.15) is 12.1 Å². The number of carbonyl (C=O) groups is 4. The number of amides is 3. The van der Waals surface area contributed by atoms with Crippen molar-refractivity contribution >= 4 is 35.5 Å². The third-order valence-electron chi connectivity index (χ3n) is 4.60. The number of carboxylic acids is 1. The molecule has 0 saturated carbocycles. The Hall–Kier alpha value is -1.85. The molecule has 0 fully saturated rings. The zero-order valence-electron chi connectivity index (χ0n) is 19.2. The van der Waals surface area contributed by atoms with E-state index < -0.39 is 54.0 Å². The van der Waals surface area contributed by atoms with Crippen molar-refractivity contribution in [2.75, 3.05) is 12.0 Å². The lowest BCUT2D eigenvalue weighted by Crippen LogP contribution is -2.59. The van der Waals surface area contributed by atoms with Crippen molar-refractivity contribution in [3.05, 3.63) is 0 Å². The first kappa shape index (κ1) is 29.1. The Morgan fingerprint density at radius 1 is 0.903 bits per heavy atom. The van der Waals surface area contributed by atoms with Crippen LogP contribution in [0.4, 0.5) is 0 Å². The van der Waals surface area contributed by atoms with Gasteiger partial charge >= 0.3 is 5.97 Å². The number of hydrogen-bond acceptors (Lipinski definition) is 7. The van der Waals surface area contributed by atoms with Crippen LogP contribution in [-0.4, -0.2) is 76.2 Å². The molecule has 31 heavy (non-hydrogen) atoms. The molecule has 0 aliphatic carbocycles. The van der Waals surface area contributed by atoms with Gasteiger partial charge in [-0.2, -0.15) is 11.8 Å². The minimum absolute atomic E-state index is 0.212. The second-order valence-electron chi connectivity index (χ2n) is 8.37. The number of nitrogens with one attached hydrogen (secondary N) is 3. The Bertz CT molecular complexity index is 614. The second-order valence-corrected chi connectivity index (χ2v) is 9.36. The maximum Gasteiger partial charge on any atom is 0.328 e. The molecule has 7 N–H and O–H groups in total. The largest absolute Gasteiger partial charge is 0.480 e. The zero-order valence-corrected chi connectivity index (χ0v) is 20.0. The fourth-order valence-corrected chi connectivity index (χ4v) is 3.29. The highest BCUT2D eigenvalue weighted by Gasteiger charge is 2.33. The summed E-state index contributed by atoms with van der Waals surface area (Å²) in [5.41, 5.74) is 5.91. The number of aliphatic hydroxyl groups is 1. The summed E-state index contributed by atoms with van der Waals surface area (Å²) >= 11 is 1.50. The van der Waals surface area contributed by atoms with E-state index in [4.69, 9.17) is 10.8 Å². The molecule has 180 valence electrons. The first-order chi connectivity index (χ1) is 14.3. The van der Waals surface area contributed by atoms with E-state index in [2.05, 4.69) is 16.0 Å². The van der Waals surface area contributed by atoms with Gasteiger partial charge in [0.2, 0.25) is 17.7 Å². The second kappa shape index (κ2) is 14.3. The van der Waals surface area contributed by atoms with E-state index >= 15 is 0 Å². The van der Waals surface area contributed by atoms with E-state index in [1.165, 1.54) is 18.7 Å². The summed E-state index contributed by atoms with van der Waals surface area (Å²) < 4.78 is 0. The minimum Gasteiger partial charge on any atom is -0.480 e. The number of hydrogen-bond donors (Lipinski definition) is 6. The van der Waals surface area contributed by atoms with Crippen LogP contribution < -0.4 is 21.7 Å². The summed E-state index contributed by atoms with van der Waals surface area (Å²) in [5.74, 6) is -2.68. The van der Waals surface area contributed by atoms with Crippen LogP contribution in [0.25, 0.3) is 0 Å². The molecular weight excluding hydrogens is 424 g/mol. The van der Waals surface area contributed by atoms with Gasteiger partial charge in [0, 0.05) is 0 Å². The summed E-state index contributed by atoms with van der Waals surface area (Å²) in [6.07, 6.45) is 1.36. The van der Waals surface area contributed by atoms with Crippen molar-refractivity contribution in [1.82, 2.24) is 16.0 Å². The van der Waals surface area contributed by atoms with Gasteiger partial charge in [0.05, 0.1) is 12.1 Å². The predicted octanol–water partition coefficient (Wildman–Crippen LogP) is -0.311. The van der Waals surface area contributed by atoms with Crippen molar-refractivity contribution in [1.29, 1.82) is 0 Å². The van der Waals surface area contributed by atoms with Crippen LogP contribution in [0.3, 0.4) is 0 Å². The summed E-state index contributed by atoms with van der Waals surface area (Å²) in [7, 11) is 0. The fourth-order valence-electron chi connectivity index (χ4n) is 2.82. The molecule has 0 aromatic carbocycles. The maximum absolute atomic E-state index is 12.9. The molecule has 0 radical (unpaired) electrons. The smallest absolute Gasteiger partial charge is 0.328 e. The molecule has 0 aromatic heterocycles. The Morgan fingerprint density at radius 2 is 1.45 bits per heavy atom. The molecule has 0 heterocycles. The van der Waals surface area contributed by atoms with Crippen molar-refractivity contribution in [3.63, 3.8) is 0 Å². The minimum atomic E-state index is -1.51. The van der Waals surface area contributed by atoms with E-state index in [9.17, 15) is 24.3 Å². The van der Waals surface area contributed by atoms with Crippen molar-refractivity contribution in [2.24, 2.45) is 17.6 Å². The van der Waals surface area contributed by atoms with Gasteiger partial charge in [-0.15, -0.1) is 0 Å². The van der Waals surface area contributed by atoms with Crippen molar-refractivity contribution < 1.29 is 29.4 Å². The van der Waals surface area contributed by atoms with Crippen LogP contribution in [0.15, 0.2) is 0 Å². The molecule has 5 unspecified atom stereocenters. The maximum atomic E-state index is 12.9. The van der Waals surface area contributed by atoms with Crippen molar-refractivity contribution in [3.8, 4) is 0 Å². The topological polar surface area (TPSA) is 171 Å². The lowest BCUT2D eigenvalue weighted by atomic mass is 10.0. The number of aliphatic hydroxyl groups excluding tert-OH is 1. The third kappa shape index (κ3) is 10.8. The summed E-state index contributed by atoms with van der Waals surface area (Å²) in [5, 5.41) is 26.3. The SMILES string of the molecule is CSCCC(NC(=O)C(N)CC(C)C)C(=O)NC(C(=O)NC(C(=O)O)C(C)O)C(C)C. The van der Waals surface area contributed by atoms with Crippen LogP contribution in [0.5, 0.6) is 0 Å². The molecule has 0 spiro atoms. The average molecular weight is 463 g/mol. The number of carboxylic acid groups (broad SMARTS) is 1. The van der Waals surface area contributed by atoms with Crippen LogP contribution in [0.2, 0.25) is 0 Å². The highest BCUT2D eigenvalue weighted by molar-refractivity contribution is 7.98. The molecule has 10 nitrogen and oxygen atoms in total. The van der Waals surface area contributed by atoms with Gasteiger partial charge in [-0.3, -0.25) is 14.4 Å². The molecule has 0 bridgehead atoms. The van der Waals surface area contributed by atoms with E-state index in [-0.39, 0.29) is 11.8 Å². The Morgan fingerprint density at radius 3 is 1.87 bits per heavy atom. The Labute approximate surface area is 188 Å². The van der Waals surface area contributed by atoms with Crippen molar-refractivity contribution in [2.45, 2.75) is 77.7 Å². The van der Waals surface area contributed by atoms with Crippen LogP contribution in [0.1, 0.15) is 47.5 Å². The first-order valence-electron chi connectivity index (χ1n) is 10.4. The molecule has 0 rings (SSSR count). The molecular formula is C20H38N4O6S. The Kier molecular flexibility index (Phi) is 13.4. The molecule has 0 aromatic rings. The number of aliphatic carboxylic acids is 1. The van der Waals surface area contributed by atoms with Gasteiger partial charge in [0.15, 0.2) is 6.04 Å². The van der Waals surface area contributed by atoms with Gasteiger partial charge in [-0.05, 0) is 43.6 Å². The number of thioether (sulfide) groups is 1. The Balaban J connectivity index is 5.36. The van der Waals surface area contributed by atoms with E-state index in [1.807, 2.05) is 20.1 Å². The zero-order chi connectivity index (χ0) is 24.3. The van der Waals surface area contributed by atoms with Crippen LogP contribution in [-0.2, 0) is 19.2 Å².